The molecule has 2 heterocycles. The van der Waals surface area contributed by atoms with Crippen molar-refractivity contribution in [3.05, 3.63) is 24.3 Å². The van der Waals surface area contributed by atoms with Gasteiger partial charge in [0.2, 0.25) is 5.91 Å². The van der Waals surface area contributed by atoms with Crippen molar-refractivity contribution in [1.82, 2.24) is 4.90 Å². The molecule has 2 fully saturated rings. The predicted molar refractivity (Wildman–Crippen MR) is 62.8 cm³/mol. The summed E-state index contributed by atoms with van der Waals surface area (Å²) in [6, 6.07) is 0. The van der Waals surface area contributed by atoms with E-state index in [2.05, 4.69) is 18.2 Å². The molecule has 2 bridgehead atoms. The second kappa shape index (κ2) is 3.02. The Hall–Kier alpha value is -1.09. The molecule has 90 valence electrons. The Labute approximate surface area is 101 Å². The van der Waals surface area contributed by atoms with Crippen LogP contribution in [0.4, 0.5) is 0 Å². The first-order valence-corrected chi connectivity index (χ1v) is 6.59. The number of carbonyl (C=O) groups excluding carboxylic acids is 1. The molecule has 0 radical (unpaired) electrons. The number of rotatable bonds is 0. The highest BCUT2D eigenvalue weighted by atomic mass is 16.3. The van der Waals surface area contributed by atoms with Crippen LogP contribution in [-0.4, -0.2) is 28.2 Å². The van der Waals surface area contributed by atoms with Gasteiger partial charge in [-0.2, -0.15) is 0 Å². The van der Waals surface area contributed by atoms with E-state index in [0.29, 0.717) is 24.8 Å². The first kappa shape index (κ1) is 9.89. The van der Waals surface area contributed by atoms with E-state index in [1.807, 2.05) is 6.08 Å². The highest BCUT2D eigenvalue weighted by molar-refractivity contribution is 5.84. The lowest BCUT2D eigenvalue weighted by molar-refractivity contribution is -0.151. The quantitative estimate of drug-likeness (QED) is 0.638. The number of nitrogens with zero attached hydrogens (tertiary/aromatic N) is 1. The lowest BCUT2D eigenvalue weighted by Gasteiger charge is -2.37. The van der Waals surface area contributed by atoms with Gasteiger partial charge >= 0.3 is 0 Å². The third-order valence-corrected chi connectivity index (χ3v) is 5.12. The fourth-order valence-electron chi connectivity index (χ4n) is 4.47. The van der Waals surface area contributed by atoms with E-state index in [9.17, 15) is 9.90 Å². The fourth-order valence-corrected chi connectivity index (χ4v) is 4.47. The predicted octanol–water partition coefficient (Wildman–Crippen LogP) is 1.31. The zero-order chi connectivity index (χ0) is 11.6. The van der Waals surface area contributed by atoms with Crippen molar-refractivity contribution in [3.8, 4) is 0 Å². The second-order valence-corrected chi connectivity index (χ2v) is 5.83. The number of hydrogen-bond donors (Lipinski definition) is 1. The summed E-state index contributed by atoms with van der Waals surface area (Å²) >= 11 is 0. The third-order valence-electron chi connectivity index (χ3n) is 5.12. The summed E-state index contributed by atoms with van der Waals surface area (Å²) in [4.78, 5) is 14.2. The minimum atomic E-state index is -0.904. The molecule has 3 heteroatoms. The molecule has 0 unspecified atom stereocenters. The SMILES string of the molecule is O=C1[C@H]2[C@H]([C@H]3C=C[C@@H]2C3)[C@@]2(O)CC=CCCN12. The van der Waals surface area contributed by atoms with E-state index >= 15 is 0 Å². The zero-order valence-electron chi connectivity index (χ0n) is 9.75. The Balaban J connectivity index is 1.82. The molecule has 0 aromatic heterocycles. The van der Waals surface area contributed by atoms with E-state index in [1.54, 1.807) is 4.90 Å². The van der Waals surface area contributed by atoms with E-state index in [4.69, 9.17) is 0 Å². The zero-order valence-corrected chi connectivity index (χ0v) is 9.75. The summed E-state index contributed by atoms with van der Waals surface area (Å²) in [5.41, 5.74) is -0.904. The molecule has 5 atom stereocenters. The van der Waals surface area contributed by atoms with E-state index < -0.39 is 5.72 Å². The number of fused-ring (bicyclic) bond motifs is 7. The Bertz CT molecular complexity index is 442. The summed E-state index contributed by atoms with van der Waals surface area (Å²) in [6.45, 7) is 0.679. The Morgan fingerprint density at radius 2 is 2.12 bits per heavy atom. The fraction of sp³-hybridized carbons (Fsp3) is 0.643. The van der Waals surface area contributed by atoms with E-state index in [-0.39, 0.29) is 17.7 Å². The highest BCUT2D eigenvalue weighted by Gasteiger charge is 2.65. The van der Waals surface area contributed by atoms with Crippen molar-refractivity contribution in [2.75, 3.05) is 6.54 Å². The van der Waals surface area contributed by atoms with Gasteiger partial charge in [0.25, 0.3) is 0 Å². The van der Waals surface area contributed by atoms with Crippen molar-refractivity contribution < 1.29 is 9.90 Å². The van der Waals surface area contributed by atoms with Gasteiger partial charge in [-0.25, -0.2) is 0 Å². The van der Waals surface area contributed by atoms with Crippen molar-refractivity contribution in [3.63, 3.8) is 0 Å². The van der Waals surface area contributed by atoms with Crippen molar-refractivity contribution in [2.45, 2.75) is 25.0 Å². The minimum absolute atomic E-state index is 0.0569. The van der Waals surface area contributed by atoms with Gasteiger partial charge in [-0.1, -0.05) is 24.3 Å². The topological polar surface area (TPSA) is 40.5 Å². The molecule has 0 aromatic carbocycles. The van der Waals surface area contributed by atoms with Gasteiger partial charge in [0.1, 0.15) is 5.72 Å². The van der Waals surface area contributed by atoms with Crippen LogP contribution in [-0.2, 0) is 4.79 Å². The first-order valence-electron chi connectivity index (χ1n) is 6.59. The van der Waals surface area contributed by atoms with Crippen LogP contribution in [0.25, 0.3) is 0 Å². The second-order valence-electron chi connectivity index (χ2n) is 5.83. The largest absolute Gasteiger partial charge is 0.370 e. The van der Waals surface area contributed by atoms with Crippen LogP contribution in [0.15, 0.2) is 24.3 Å². The Morgan fingerprint density at radius 1 is 1.29 bits per heavy atom. The summed E-state index contributed by atoms with van der Waals surface area (Å²) in [7, 11) is 0. The Morgan fingerprint density at radius 3 is 3.00 bits per heavy atom. The van der Waals surface area contributed by atoms with Gasteiger partial charge in [-0.05, 0) is 24.7 Å². The maximum absolute atomic E-state index is 12.5. The molecule has 1 saturated heterocycles. The van der Waals surface area contributed by atoms with Crippen LogP contribution >= 0.6 is 0 Å². The van der Waals surface area contributed by atoms with Crippen LogP contribution in [0.1, 0.15) is 19.3 Å². The molecule has 4 aliphatic rings. The summed E-state index contributed by atoms with van der Waals surface area (Å²) in [6.07, 6.45) is 11.1. The molecule has 17 heavy (non-hydrogen) atoms. The van der Waals surface area contributed by atoms with Gasteiger partial charge < -0.3 is 10.0 Å². The average Bonchev–Trinajstić information content (AvgIpc) is 2.92. The average molecular weight is 231 g/mol. The summed E-state index contributed by atoms with van der Waals surface area (Å²) < 4.78 is 0. The monoisotopic (exact) mass is 231 g/mol. The molecule has 1 amide bonds. The molecule has 4 rings (SSSR count). The molecule has 0 spiro atoms. The number of amides is 1. The normalized spacial score (nSPS) is 50.6. The summed E-state index contributed by atoms with van der Waals surface area (Å²) in [5, 5.41) is 11.0. The molecule has 3 nitrogen and oxygen atoms in total. The lowest BCUT2D eigenvalue weighted by Crippen LogP contribution is -2.49. The van der Waals surface area contributed by atoms with Crippen LogP contribution in [0.5, 0.6) is 0 Å². The third kappa shape index (κ3) is 1.04. The van der Waals surface area contributed by atoms with Crippen molar-refractivity contribution in [2.24, 2.45) is 23.7 Å². The van der Waals surface area contributed by atoms with E-state index in [0.717, 1.165) is 12.8 Å². The standard InChI is InChI=1S/C14H17NO2/c16-13-11-9-4-5-10(8-9)12(11)14(17)6-2-1-3-7-15(13)14/h1-2,4-5,9-12,17H,3,6-8H2/t9-,10+,11-,12+,14+/m1/s1. The van der Waals surface area contributed by atoms with Crippen LogP contribution < -0.4 is 0 Å². The molecule has 2 aliphatic carbocycles. The van der Waals surface area contributed by atoms with Gasteiger partial charge in [0.15, 0.2) is 0 Å². The van der Waals surface area contributed by atoms with Gasteiger partial charge in [-0.3, -0.25) is 4.79 Å². The van der Waals surface area contributed by atoms with Crippen LogP contribution in [0.2, 0.25) is 0 Å². The number of hydrogen-bond acceptors (Lipinski definition) is 2. The van der Waals surface area contributed by atoms with Crippen molar-refractivity contribution >= 4 is 5.91 Å². The maximum Gasteiger partial charge on any atom is 0.229 e. The minimum Gasteiger partial charge on any atom is -0.370 e. The molecular weight excluding hydrogens is 214 g/mol. The molecule has 0 aromatic rings. The molecular formula is C14H17NO2. The van der Waals surface area contributed by atoms with Crippen LogP contribution in [0.3, 0.4) is 0 Å². The number of carbonyl (C=O) groups is 1. The molecule has 2 aliphatic heterocycles. The molecule has 1 saturated carbocycles. The molecule has 1 N–H and O–H groups in total. The first-order chi connectivity index (χ1) is 8.22. The maximum atomic E-state index is 12.5. The smallest absolute Gasteiger partial charge is 0.229 e. The number of allylic oxidation sites excluding steroid dienone is 2. The summed E-state index contributed by atoms with van der Waals surface area (Å²) in [5.74, 6) is 1.18. The van der Waals surface area contributed by atoms with Gasteiger partial charge in [0.05, 0.1) is 5.92 Å². The van der Waals surface area contributed by atoms with Crippen LogP contribution in [0, 0.1) is 23.7 Å². The lowest BCUT2D eigenvalue weighted by atomic mass is 9.78. The van der Waals surface area contributed by atoms with Gasteiger partial charge in [0, 0.05) is 18.9 Å². The van der Waals surface area contributed by atoms with Crippen molar-refractivity contribution in [1.29, 1.82) is 0 Å². The van der Waals surface area contributed by atoms with Gasteiger partial charge in [-0.15, -0.1) is 0 Å². The number of aliphatic hydroxyl groups is 1. The highest BCUT2D eigenvalue weighted by Crippen LogP contribution is 2.58. The Kier molecular flexibility index (Phi) is 1.76. The van der Waals surface area contributed by atoms with E-state index in [1.165, 1.54) is 0 Å².